The SMILES string of the molecule is CC1(NS(=O)(=O)c2cnc(N)c(Cl)c2)CCCC1. The van der Waals surface area contributed by atoms with Crippen LogP contribution in [0.4, 0.5) is 5.82 Å². The first-order valence-corrected chi connectivity index (χ1v) is 7.64. The number of anilines is 1. The maximum atomic E-state index is 12.2. The number of nitrogens with two attached hydrogens (primary N) is 1. The number of halogens is 1. The Morgan fingerprint density at radius 1 is 1.44 bits per heavy atom. The Bertz CT molecular complexity index is 553. The molecule has 0 aliphatic heterocycles. The molecule has 0 unspecified atom stereocenters. The first-order valence-electron chi connectivity index (χ1n) is 5.77. The zero-order valence-corrected chi connectivity index (χ0v) is 11.7. The van der Waals surface area contributed by atoms with Crippen molar-refractivity contribution in [1.82, 2.24) is 9.71 Å². The molecule has 1 aromatic rings. The van der Waals surface area contributed by atoms with Crippen LogP contribution >= 0.6 is 11.6 Å². The first kappa shape index (κ1) is 13.6. The van der Waals surface area contributed by atoms with Gasteiger partial charge in [-0.1, -0.05) is 24.4 Å². The van der Waals surface area contributed by atoms with Crippen LogP contribution in [0.1, 0.15) is 32.6 Å². The average molecular weight is 290 g/mol. The molecule has 18 heavy (non-hydrogen) atoms. The third-order valence-electron chi connectivity index (χ3n) is 3.24. The van der Waals surface area contributed by atoms with Crippen LogP contribution in [0, 0.1) is 0 Å². The Balaban J connectivity index is 2.27. The predicted octanol–water partition coefficient (Wildman–Crippen LogP) is 1.93. The highest BCUT2D eigenvalue weighted by Gasteiger charge is 2.33. The predicted molar refractivity (Wildman–Crippen MR) is 70.9 cm³/mol. The minimum Gasteiger partial charge on any atom is -0.382 e. The maximum Gasteiger partial charge on any atom is 0.242 e. The van der Waals surface area contributed by atoms with Gasteiger partial charge in [-0.05, 0) is 25.8 Å². The minimum absolute atomic E-state index is 0.0508. The molecule has 1 fully saturated rings. The highest BCUT2D eigenvalue weighted by atomic mass is 35.5. The molecule has 7 heteroatoms. The molecule has 1 heterocycles. The molecule has 2 rings (SSSR count). The van der Waals surface area contributed by atoms with E-state index in [1.807, 2.05) is 6.92 Å². The topological polar surface area (TPSA) is 85.1 Å². The second-order valence-corrected chi connectivity index (χ2v) is 7.00. The Morgan fingerprint density at radius 3 is 2.61 bits per heavy atom. The Kier molecular flexibility index (Phi) is 3.53. The van der Waals surface area contributed by atoms with E-state index < -0.39 is 10.0 Å². The number of pyridine rings is 1. The van der Waals surface area contributed by atoms with Crippen molar-refractivity contribution < 1.29 is 8.42 Å². The molecule has 0 amide bonds. The quantitative estimate of drug-likeness (QED) is 0.890. The van der Waals surface area contributed by atoms with Gasteiger partial charge in [-0.3, -0.25) is 0 Å². The second kappa shape index (κ2) is 4.68. The van der Waals surface area contributed by atoms with Crippen LogP contribution < -0.4 is 10.5 Å². The van der Waals surface area contributed by atoms with Gasteiger partial charge in [0, 0.05) is 11.7 Å². The van der Waals surface area contributed by atoms with Gasteiger partial charge < -0.3 is 5.73 Å². The van der Waals surface area contributed by atoms with Gasteiger partial charge in [-0.15, -0.1) is 0 Å². The highest BCUT2D eigenvalue weighted by molar-refractivity contribution is 7.89. The van der Waals surface area contributed by atoms with E-state index >= 15 is 0 Å². The standard InChI is InChI=1S/C11H16ClN3O2S/c1-11(4-2-3-5-11)15-18(16,17)8-6-9(12)10(13)14-7-8/h6-7,15H,2-5H2,1H3,(H2,13,14). The molecule has 0 aromatic carbocycles. The largest absolute Gasteiger partial charge is 0.382 e. The number of aromatic nitrogens is 1. The van der Waals surface area contributed by atoms with Crippen LogP contribution in [0.2, 0.25) is 5.02 Å². The summed E-state index contributed by atoms with van der Waals surface area (Å²) in [7, 11) is -3.59. The second-order valence-electron chi connectivity index (χ2n) is 4.91. The van der Waals surface area contributed by atoms with Crippen molar-refractivity contribution in [3.05, 3.63) is 17.3 Å². The van der Waals surface area contributed by atoms with Crippen molar-refractivity contribution in [3.63, 3.8) is 0 Å². The summed E-state index contributed by atoms with van der Waals surface area (Å²) >= 11 is 5.79. The molecule has 5 nitrogen and oxygen atoms in total. The van der Waals surface area contributed by atoms with Gasteiger partial charge in [0.2, 0.25) is 10.0 Å². The van der Waals surface area contributed by atoms with Crippen LogP contribution in [0.25, 0.3) is 0 Å². The van der Waals surface area contributed by atoms with Crippen LogP contribution in [-0.2, 0) is 10.0 Å². The molecule has 0 bridgehead atoms. The summed E-state index contributed by atoms with van der Waals surface area (Å²) in [5.74, 6) is 0.127. The molecule has 1 saturated carbocycles. The molecule has 100 valence electrons. The first-order chi connectivity index (χ1) is 8.32. The van der Waals surface area contributed by atoms with E-state index in [2.05, 4.69) is 9.71 Å². The van der Waals surface area contributed by atoms with Gasteiger partial charge in [0.15, 0.2) is 0 Å². The molecule has 0 atom stereocenters. The number of hydrogen-bond acceptors (Lipinski definition) is 4. The van der Waals surface area contributed by atoms with Crippen LogP contribution in [0.15, 0.2) is 17.2 Å². The fourth-order valence-electron chi connectivity index (χ4n) is 2.22. The lowest BCUT2D eigenvalue weighted by Gasteiger charge is -2.24. The molecule has 0 spiro atoms. The van der Waals surface area contributed by atoms with E-state index in [0.717, 1.165) is 25.7 Å². The minimum atomic E-state index is -3.59. The van der Waals surface area contributed by atoms with E-state index in [1.165, 1.54) is 12.3 Å². The summed E-state index contributed by atoms with van der Waals surface area (Å²) in [5.41, 5.74) is 5.09. The van der Waals surface area contributed by atoms with Gasteiger partial charge in [0.1, 0.15) is 10.7 Å². The molecule has 0 radical (unpaired) electrons. The number of hydrogen-bond donors (Lipinski definition) is 2. The van der Waals surface area contributed by atoms with E-state index in [0.29, 0.717) is 0 Å². The lowest BCUT2D eigenvalue weighted by molar-refractivity contribution is 0.427. The molecule has 0 saturated heterocycles. The Morgan fingerprint density at radius 2 is 2.06 bits per heavy atom. The zero-order valence-electron chi connectivity index (χ0n) is 10.1. The fraction of sp³-hybridized carbons (Fsp3) is 0.545. The van der Waals surface area contributed by atoms with Crippen molar-refractivity contribution in [3.8, 4) is 0 Å². The summed E-state index contributed by atoms with van der Waals surface area (Å²) in [5, 5.41) is 0.148. The molecule has 3 N–H and O–H groups in total. The summed E-state index contributed by atoms with van der Waals surface area (Å²) in [6, 6.07) is 1.32. The number of rotatable bonds is 3. The lowest BCUT2D eigenvalue weighted by atomic mass is 10.0. The van der Waals surface area contributed by atoms with Gasteiger partial charge in [-0.2, -0.15) is 0 Å². The molecule has 1 aliphatic carbocycles. The van der Waals surface area contributed by atoms with Crippen LogP contribution in [0.5, 0.6) is 0 Å². The normalized spacial score (nSPS) is 19.0. The van der Waals surface area contributed by atoms with E-state index in [9.17, 15) is 8.42 Å². The van der Waals surface area contributed by atoms with Crippen molar-refractivity contribution in [1.29, 1.82) is 0 Å². The summed E-state index contributed by atoms with van der Waals surface area (Å²) in [6.07, 6.45) is 5.01. The Hall–Kier alpha value is -0.850. The van der Waals surface area contributed by atoms with E-state index in [1.54, 1.807) is 0 Å². The monoisotopic (exact) mass is 289 g/mol. The van der Waals surface area contributed by atoms with Crippen LogP contribution in [-0.4, -0.2) is 18.9 Å². The Labute approximate surface area is 112 Å². The van der Waals surface area contributed by atoms with Gasteiger partial charge in [-0.25, -0.2) is 18.1 Å². The molecule has 1 aliphatic rings. The van der Waals surface area contributed by atoms with Crippen molar-refractivity contribution in [2.45, 2.75) is 43.0 Å². The third kappa shape index (κ3) is 2.76. The van der Waals surface area contributed by atoms with Crippen LogP contribution in [0.3, 0.4) is 0 Å². The number of nitrogens with one attached hydrogen (secondary N) is 1. The molecule has 1 aromatic heterocycles. The molecular weight excluding hydrogens is 274 g/mol. The van der Waals surface area contributed by atoms with Gasteiger partial charge >= 0.3 is 0 Å². The van der Waals surface area contributed by atoms with Crippen molar-refractivity contribution >= 4 is 27.4 Å². The fourth-order valence-corrected chi connectivity index (χ4v) is 3.88. The number of nitrogen functional groups attached to an aromatic ring is 1. The number of sulfonamides is 1. The number of nitrogens with zero attached hydrogens (tertiary/aromatic N) is 1. The van der Waals surface area contributed by atoms with E-state index in [4.69, 9.17) is 17.3 Å². The van der Waals surface area contributed by atoms with Crippen molar-refractivity contribution in [2.24, 2.45) is 0 Å². The summed E-state index contributed by atoms with van der Waals surface area (Å²) < 4.78 is 27.1. The van der Waals surface area contributed by atoms with Crippen molar-refractivity contribution in [2.75, 3.05) is 5.73 Å². The van der Waals surface area contributed by atoms with Gasteiger partial charge in [0.05, 0.1) is 5.02 Å². The lowest BCUT2D eigenvalue weighted by Crippen LogP contribution is -2.43. The van der Waals surface area contributed by atoms with Gasteiger partial charge in [0.25, 0.3) is 0 Å². The third-order valence-corrected chi connectivity index (χ3v) is 5.15. The molecular formula is C11H16ClN3O2S. The summed E-state index contributed by atoms with van der Waals surface area (Å²) in [4.78, 5) is 3.82. The smallest absolute Gasteiger partial charge is 0.242 e. The zero-order chi connectivity index (χ0) is 13.4. The maximum absolute atomic E-state index is 12.2. The highest BCUT2D eigenvalue weighted by Crippen LogP contribution is 2.31. The van der Waals surface area contributed by atoms with E-state index in [-0.39, 0.29) is 21.3 Å². The average Bonchev–Trinajstić information content (AvgIpc) is 2.67. The summed E-state index contributed by atoms with van der Waals surface area (Å²) in [6.45, 7) is 1.92.